The summed E-state index contributed by atoms with van der Waals surface area (Å²) < 4.78 is 6.06. The third-order valence-electron chi connectivity index (χ3n) is 4.52. The summed E-state index contributed by atoms with van der Waals surface area (Å²) in [5, 5.41) is 9.86. The smallest absolute Gasteiger partial charge is 0.335 e. The first kappa shape index (κ1) is 19.6. The number of hydrogen-bond acceptors (Lipinski definition) is 4. The monoisotopic (exact) mass is 416 g/mol. The van der Waals surface area contributed by atoms with Crippen molar-refractivity contribution in [1.29, 1.82) is 0 Å². The van der Waals surface area contributed by atoms with Crippen LogP contribution in [0.5, 0.6) is 5.75 Å². The Labute approximate surface area is 178 Å². The van der Waals surface area contributed by atoms with E-state index in [0.29, 0.717) is 39.9 Å². The van der Waals surface area contributed by atoms with Crippen molar-refractivity contribution < 1.29 is 14.6 Å². The molecule has 0 aliphatic rings. The molecule has 4 aromatic rings. The van der Waals surface area contributed by atoms with Crippen molar-refractivity contribution in [1.82, 2.24) is 9.97 Å². The van der Waals surface area contributed by atoms with Gasteiger partial charge in [0.15, 0.2) is 0 Å². The van der Waals surface area contributed by atoms with Gasteiger partial charge in [0.2, 0.25) is 0 Å². The van der Waals surface area contributed by atoms with Gasteiger partial charge in [0.05, 0.1) is 11.3 Å². The molecule has 0 radical (unpaired) electrons. The first-order chi connectivity index (χ1) is 14.6. The average Bonchev–Trinajstić information content (AvgIpc) is 2.79. The van der Waals surface area contributed by atoms with E-state index in [2.05, 4.69) is 9.97 Å². The van der Waals surface area contributed by atoms with Crippen molar-refractivity contribution in [3.63, 3.8) is 0 Å². The van der Waals surface area contributed by atoms with E-state index in [0.717, 1.165) is 5.56 Å². The summed E-state index contributed by atoms with van der Waals surface area (Å²) in [6, 6.07) is 21.8. The van der Waals surface area contributed by atoms with E-state index in [1.54, 1.807) is 48.8 Å². The minimum absolute atomic E-state index is 0.177. The minimum atomic E-state index is -1.00. The molecule has 30 heavy (non-hydrogen) atoms. The van der Waals surface area contributed by atoms with E-state index in [-0.39, 0.29) is 5.56 Å². The molecular formula is C24H17ClN2O3. The molecule has 0 aliphatic heterocycles. The normalized spacial score (nSPS) is 10.6. The lowest BCUT2D eigenvalue weighted by Gasteiger charge is -2.14. The maximum Gasteiger partial charge on any atom is 0.335 e. The van der Waals surface area contributed by atoms with Gasteiger partial charge in [-0.2, -0.15) is 0 Å². The number of halogens is 1. The summed E-state index contributed by atoms with van der Waals surface area (Å²) in [6.07, 6.45) is 3.16. The van der Waals surface area contributed by atoms with Gasteiger partial charge >= 0.3 is 5.97 Å². The summed E-state index contributed by atoms with van der Waals surface area (Å²) in [6.45, 7) is 0.388. The van der Waals surface area contributed by atoms with Crippen LogP contribution in [0.1, 0.15) is 15.9 Å². The zero-order valence-electron chi connectivity index (χ0n) is 15.8. The van der Waals surface area contributed by atoms with Crippen molar-refractivity contribution in [2.45, 2.75) is 6.61 Å². The predicted molar refractivity (Wildman–Crippen MR) is 116 cm³/mol. The first-order valence-corrected chi connectivity index (χ1v) is 9.61. The fraction of sp³-hybridized carbons (Fsp3) is 0.0417. The lowest BCUT2D eigenvalue weighted by Crippen LogP contribution is -2.00. The number of hydrogen-bond donors (Lipinski definition) is 1. The maximum absolute atomic E-state index is 11.4. The Bertz CT molecular complexity index is 1200. The SMILES string of the molecule is O=C(O)c1cccc(-c2nccnc2-c2cc(Cl)ccc2OCc2ccccc2)c1. The van der Waals surface area contributed by atoms with E-state index in [9.17, 15) is 9.90 Å². The Morgan fingerprint density at radius 3 is 2.43 bits per heavy atom. The fourth-order valence-electron chi connectivity index (χ4n) is 3.09. The summed E-state index contributed by atoms with van der Waals surface area (Å²) in [5.74, 6) is -0.392. The molecule has 0 bridgehead atoms. The van der Waals surface area contributed by atoms with E-state index < -0.39 is 5.97 Å². The average molecular weight is 417 g/mol. The van der Waals surface area contributed by atoms with Gasteiger partial charge in [-0.1, -0.05) is 54.1 Å². The van der Waals surface area contributed by atoms with E-state index in [1.165, 1.54) is 6.07 Å². The van der Waals surface area contributed by atoms with E-state index >= 15 is 0 Å². The Kier molecular flexibility index (Phi) is 5.72. The second-order valence-corrected chi connectivity index (χ2v) is 6.99. The molecule has 1 N–H and O–H groups in total. The van der Waals surface area contributed by atoms with Crippen LogP contribution in [0.25, 0.3) is 22.5 Å². The van der Waals surface area contributed by atoms with Crippen LogP contribution in [0.2, 0.25) is 5.02 Å². The standard InChI is InChI=1S/C24H17ClN2O3/c25-19-9-10-21(30-15-16-5-2-1-3-6-16)20(14-19)23-22(26-11-12-27-23)17-7-4-8-18(13-17)24(28)29/h1-14H,15H2,(H,28,29). The fourth-order valence-corrected chi connectivity index (χ4v) is 3.27. The second kappa shape index (κ2) is 8.76. The summed E-state index contributed by atoms with van der Waals surface area (Å²) in [5.41, 5.74) is 3.65. The zero-order valence-corrected chi connectivity index (χ0v) is 16.6. The molecule has 0 unspecified atom stereocenters. The Hall–Kier alpha value is -3.70. The van der Waals surface area contributed by atoms with Crippen LogP contribution < -0.4 is 4.74 Å². The number of nitrogens with zero attached hydrogens (tertiary/aromatic N) is 2. The second-order valence-electron chi connectivity index (χ2n) is 6.55. The maximum atomic E-state index is 11.4. The number of rotatable bonds is 6. The van der Waals surface area contributed by atoms with Gasteiger partial charge in [-0.3, -0.25) is 9.97 Å². The Morgan fingerprint density at radius 1 is 0.900 bits per heavy atom. The Morgan fingerprint density at radius 2 is 1.67 bits per heavy atom. The molecule has 0 fully saturated rings. The number of carboxylic acids is 1. The van der Waals surface area contributed by atoms with Gasteiger partial charge in [0.25, 0.3) is 0 Å². The highest BCUT2D eigenvalue weighted by molar-refractivity contribution is 6.31. The molecule has 148 valence electrons. The molecule has 5 nitrogen and oxygen atoms in total. The van der Waals surface area contributed by atoms with Crippen molar-refractivity contribution >= 4 is 17.6 Å². The van der Waals surface area contributed by atoms with Crippen LogP contribution in [0.3, 0.4) is 0 Å². The predicted octanol–water partition coefficient (Wildman–Crippen LogP) is 5.74. The minimum Gasteiger partial charge on any atom is -0.488 e. The number of aromatic nitrogens is 2. The van der Waals surface area contributed by atoms with Gasteiger partial charge in [0, 0.05) is 28.5 Å². The van der Waals surface area contributed by atoms with Crippen LogP contribution in [0.4, 0.5) is 0 Å². The number of aromatic carboxylic acids is 1. The topological polar surface area (TPSA) is 72.3 Å². The van der Waals surface area contributed by atoms with Gasteiger partial charge < -0.3 is 9.84 Å². The molecule has 6 heteroatoms. The highest BCUT2D eigenvalue weighted by Gasteiger charge is 2.17. The van der Waals surface area contributed by atoms with Crippen LogP contribution in [0, 0.1) is 0 Å². The van der Waals surface area contributed by atoms with Gasteiger partial charge in [-0.15, -0.1) is 0 Å². The molecule has 0 saturated carbocycles. The molecule has 0 saturated heterocycles. The van der Waals surface area contributed by atoms with E-state index in [4.69, 9.17) is 16.3 Å². The van der Waals surface area contributed by atoms with E-state index in [1.807, 2.05) is 30.3 Å². The van der Waals surface area contributed by atoms with Crippen molar-refractivity contribution in [3.8, 4) is 28.3 Å². The lowest BCUT2D eigenvalue weighted by molar-refractivity contribution is 0.0697. The van der Waals surface area contributed by atoms with Crippen LogP contribution in [-0.2, 0) is 6.61 Å². The summed E-state index contributed by atoms with van der Waals surface area (Å²) >= 11 is 6.27. The molecule has 0 spiro atoms. The van der Waals surface area contributed by atoms with Crippen molar-refractivity contribution in [3.05, 3.63) is 101 Å². The molecule has 3 aromatic carbocycles. The van der Waals surface area contributed by atoms with Crippen LogP contribution in [-0.4, -0.2) is 21.0 Å². The highest BCUT2D eigenvalue weighted by atomic mass is 35.5. The largest absolute Gasteiger partial charge is 0.488 e. The molecule has 0 aliphatic carbocycles. The first-order valence-electron chi connectivity index (χ1n) is 9.23. The molecule has 4 rings (SSSR count). The van der Waals surface area contributed by atoms with Crippen LogP contribution >= 0.6 is 11.6 Å². The highest BCUT2D eigenvalue weighted by Crippen LogP contribution is 2.36. The third-order valence-corrected chi connectivity index (χ3v) is 4.75. The zero-order chi connectivity index (χ0) is 20.9. The van der Waals surface area contributed by atoms with Gasteiger partial charge in [-0.05, 0) is 35.9 Å². The van der Waals surface area contributed by atoms with Crippen molar-refractivity contribution in [2.24, 2.45) is 0 Å². The molecule has 1 heterocycles. The number of ether oxygens (including phenoxy) is 1. The third kappa shape index (κ3) is 4.31. The van der Waals surface area contributed by atoms with Crippen LogP contribution in [0.15, 0.2) is 85.2 Å². The number of benzene rings is 3. The molecule has 0 atom stereocenters. The molecule has 0 amide bonds. The van der Waals surface area contributed by atoms with Crippen molar-refractivity contribution in [2.75, 3.05) is 0 Å². The quantitative estimate of drug-likeness (QED) is 0.433. The summed E-state index contributed by atoms with van der Waals surface area (Å²) in [7, 11) is 0. The van der Waals surface area contributed by atoms with Gasteiger partial charge in [0.1, 0.15) is 18.1 Å². The number of carbonyl (C=O) groups is 1. The Balaban J connectivity index is 1.77. The molecule has 1 aromatic heterocycles. The number of carboxylic acid groups (broad SMARTS) is 1. The molecular weight excluding hydrogens is 400 g/mol. The lowest BCUT2D eigenvalue weighted by atomic mass is 10.0. The summed E-state index contributed by atoms with van der Waals surface area (Å²) in [4.78, 5) is 20.4. The van der Waals surface area contributed by atoms with Gasteiger partial charge in [-0.25, -0.2) is 4.79 Å².